The van der Waals surface area contributed by atoms with Crippen LogP contribution in [0.1, 0.15) is 24.4 Å². The Kier molecular flexibility index (Phi) is 5.84. The molecule has 0 saturated heterocycles. The summed E-state index contributed by atoms with van der Waals surface area (Å²) in [6.07, 6.45) is 0. The van der Waals surface area contributed by atoms with Gasteiger partial charge in [0.05, 0.1) is 29.3 Å². The summed E-state index contributed by atoms with van der Waals surface area (Å²) in [7, 11) is 1.59. The van der Waals surface area contributed by atoms with Gasteiger partial charge >= 0.3 is 0 Å². The van der Waals surface area contributed by atoms with E-state index >= 15 is 0 Å². The Labute approximate surface area is 203 Å². The van der Waals surface area contributed by atoms with Crippen LogP contribution in [0.4, 0.5) is 14.5 Å². The van der Waals surface area contributed by atoms with E-state index in [1.54, 1.807) is 18.9 Å². The number of hydrogen-bond acceptors (Lipinski definition) is 6. The predicted molar refractivity (Wildman–Crippen MR) is 131 cm³/mol. The molecular formula is C24H18F2N4O2S2. The largest absolute Gasteiger partial charge is 0.497 e. The molecule has 2 aromatic heterocycles. The van der Waals surface area contributed by atoms with Gasteiger partial charge in [0.15, 0.2) is 5.11 Å². The van der Waals surface area contributed by atoms with Gasteiger partial charge in [-0.05, 0) is 60.4 Å². The fraction of sp³-hybridized carbons (Fsp3) is 0.125. The van der Waals surface area contributed by atoms with Crippen molar-refractivity contribution in [1.29, 1.82) is 0 Å². The Bertz CT molecular complexity index is 1380. The van der Waals surface area contributed by atoms with E-state index in [2.05, 4.69) is 15.5 Å². The summed E-state index contributed by atoms with van der Waals surface area (Å²) in [6.45, 7) is 1.80. The van der Waals surface area contributed by atoms with Crippen molar-refractivity contribution in [3.05, 3.63) is 88.8 Å². The number of rotatable bonds is 5. The molecule has 10 heteroatoms. The summed E-state index contributed by atoms with van der Waals surface area (Å²) in [4.78, 5) is 7.03. The number of methoxy groups -OCH3 is 1. The molecule has 0 amide bonds. The SMILES string of the molecule is COc1cccc(C2NC(=S)N(c3cc(F)cc(F)c3)C(C)=C2c2nc(-c3cccs3)no2)c1. The van der Waals surface area contributed by atoms with E-state index in [-0.39, 0.29) is 16.7 Å². The first-order valence-corrected chi connectivity index (χ1v) is 11.5. The third kappa shape index (κ3) is 4.06. The lowest BCUT2D eigenvalue weighted by molar-refractivity contribution is 0.403. The summed E-state index contributed by atoms with van der Waals surface area (Å²) in [5.74, 6) is -0.0295. The number of halogens is 2. The Morgan fingerprint density at radius 1 is 1.12 bits per heavy atom. The van der Waals surface area contributed by atoms with Crippen molar-refractivity contribution in [2.24, 2.45) is 0 Å². The Morgan fingerprint density at radius 3 is 2.62 bits per heavy atom. The highest BCUT2D eigenvalue weighted by Crippen LogP contribution is 2.40. The van der Waals surface area contributed by atoms with Gasteiger partial charge in [0.25, 0.3) is 5.89 Å². The zero-order valence-corrected chi connectivity index (χ0v) is 19.7. The number of hydrogen-bond donors (Lipinski definition) is 1. The molecule has 1 N–H and O–H groups in total. The van der Waals surface area contributed by atoms with Crippen LogP contribution in [-0.2, 0) is 0 Å². The van der Waals surface area contributed by atoms with Gasteiger partial charge in [-0.1, -0.05) is 23.4 Å². The van der Waals surface area contributed by atoms with Crippen LogP contribution in [0.25, 0.3) is 16.3 Å². The second-order valence-corrected chi connectivity index (χ2v) is 8.86. The van der Waals surface area contributed by atoms with Gasteiger partial charge in [-0.15, -0.1) is 11.3 Å². The van der Waals surface area contributed by atoms with Crippen LogP contribution in [0.15, 0.2) is 70.2 Å². The van der Waals surface area contributed by atoms with Gasteiger partial charge in [0.2, 0.25) is 5.82 Å². The highest BCUT2D eigenvalue weighted by molar-refractivity contribution is 7.80. The minimum Gasteiger partial charge on any atom is -0.497 e. The van der Waals surface area contributed by atoms with Crippen molar-refractivity contribution in [1.82, 2.24) is 15.5 Å². The number of allylic oxidation sites excluding steroid dienone is 1. The minimum atomic E-state index is -0.708. The molecule has 1 unspecified atom stereocenters. The van der Waals surface area contributed by atoms with E-state index in [0.29, 0.717) is 22.8 Å². The third-order valence-electron chi connectivity index (χ3n) is 5.42. The van der Waals surface area contributed by atoms with Gasteiger partial charge in [-0.2, -0.15) is 4.98 Å². The summed E-state index contributed by atoms with van der Waals surface area (Å²) < 4.78 is 39.1. The molecule has 172 valence electrons. The highest BCUT2D eigenvalue weighted by atomic mass is 32.1. The summed E-state index contributed by atoms with van der Waals surface area (Å²) >= 11 is 7.12. The molecule has 5 rings (SSSR count). The molecule has 2 aromatic carbocycles. The summed E-state index contributed by atoms with van der Waals surface area (Å²) in [6, 6.07) is 14.1. The lowest BCUT2D eigenvalue weighted by atomic mass is 9.94. The van der Waals surface area contributed by atoms with Crippen molar-refractivity contribution >= 4 is 39.9 Å². The normalized spacial score (nSPS) is 16.1. The van der Waals surface area contributed by atoms with Crippen LogP contribution in [0.5, 0.6) is 5.75 Å². The molecule has 1 aliphatic heterocycles. The quantitative estimate of drug-likeness (QED) is 0.343. The second-order valence-electron chi connectivity index (χ2n) is 7.52. The number of nitrogens with one attached hydrogen (secondary N) is 1. The van der Waals surface area contributed by atoms with Crippen LogP contribution < -0.4 is 15.0 Å². The van der Waals surface area contributed by atoms with E-state index in [1.807, 2.05) is 41.8 Å². The molecule has 0 radical (unpaired) electrons. The fourth-order valence-electron chi connectivity index (χ4n) is 3.91. The van der Waals surface area contributed by atoms with Crippen LogP contribution >= 0.6 is 23.6 Å². The molecular weight excluding hydrogens is 478 g/mol. The first kappa shape index (κ1) is 22.2. The molecule has 0 aliphatic carbocycles. The van der Waals surface area contributed by atoms with Gasteiger partial charge < -0.3 is 14.6 Å². The zero-order valence-electron chi connectivity index (χ0n) is 18.1. The molecule has 0 bridgehead atoms. The zero-order chi connectivity index (χ0) is 23.8. The smallest absolute Gasteiger partial charge is 0.258 e. The standard InChI is InChI=1S/C24H18F2N4O2S2/c1-13-20(23-28-22(29-32-23)19-7-4-8-34-19)21(14-5-3-6-18(9-14)31-2)27-24(33)30(13)17-11-15(25)10-16(26)12-17/h3-12,21H,1-2H3,(H,27,33). The molecule has 0 spiro atoms. The maximum absolute atomic E-state index is 14.0. The number of thiophene rings is 1. The van der Waals surface area contributed by atoms with Crippen molar-refractivity contribution in [3.63, 3.8) is 0 Å². The number of thiocarbonyl (C=S) groups is 1. The Balaban J connectivity index is 1.68. The number of anilines is 1. The molecule has 4 aromatic rings. The van der Waals surface area contributed by atoms with E-state index in [4.69, 9.17) is 21.5 Å². The van der Waals surface area contributed by atoms with Crippen LogP contribution in [0, 0.1) is 11.6 Å². The monoisotopic (exact) mass is 496 g/mol. The topological polar surface area (TPSA) is 63.4 Å². The first-order chi connectivity index (χ1) is 16.4. The first-order valence-electron chi connectivity index (χ1n) is 10.2. The molecule has 6 nitrogen and oxygen atoms in total. The molecule has 1 aliphatic rings. The Morgan fingerprint density at radius 2 is 1.91 bits per heavy atom. The Hall–Kier alpha value is -3.63. The predicted octanol–water partition coefficient (Wildman–Crippen LogP) is 5.95. The number of nitrogens with zero attached hydrogens (tertiary/aromatic N) is 3. The lowest BCUT2D eigenvalue weighted by Crippen LogP contribution is -2.46. The van der Waals surface area contributed by atoms with E-state index in [9.17, 15) is 8.78 Å². The second kappa shape index (κ2) is 8.96. The maximum Gasteiger partial charge on any atom is 0.258 e. The van der Waals surface area contributed by atoms with Crippen molar-refractivity contribution < 1.29 is 18.0 Å². The fourth-order valence-corrected chi connectivity index (χ4v) is 4.92. The van der Waals surface area contributed by atoms with Crippen LogP contribution in [-0.4, -0.2) is 22.4 Å². The number of aromatic nitrogens is 2. The molecule has 0 fully saturated rings. The molecule has 0 saturated carbocycles. The van der Waals surface area contributed by atoms with Crippen LogP contribution in [0.3, 0.4) is 0 Å². The highest BCUT2D eigenvalue weighted by Gasteiger charge is 2.35. The lowest BCUT2D eigenvalue weighted by Gasteiger charge is -2.37. The van der Waals surface area contributed by atoms with E-state index in [1.165, 1.54) is 23.5 Å². The average Bonchev–Trinajstić information content (AvgIpc) is 3.50. The average molecular weight is 497 g/mol. The minimum absolute atomic E-state index is 0.243. The summed E-state index contributed by atoms with van der Waals surface area (Å²) in [5, 5.41) is 9.61. The summed E-state index contributed by atoms with van der Waals surface area (Å²) in [5.41, 5.74) is 2.31. The van der Waals surface area contributed by atoms with Crippen molar-refractivity contribution in [2.75, 3.05) is 12.0 Å². The van der Waals surface area contributed by atoms with Gasteiger partial charge in [-0.25, -0.2) is 8.78 Å². The number of ether oxygens (including phenoxy) is 1. The van der Waals surface area contributed by atoms with Gasteiger partial charge in [0, 0.05) is 11.8 Å². The third-order valence-corrected chi connectivity index (χ3v) is 6.58. The molecule has 3 heterocycles. The number of benzene rings is 2. The molecule has 1 atom stereocenters. The van der Waals surface area contributed by atoms with Crippen molar-refractivity contribution in [2.45, 2.75) is 13.0 Å². The van der Waals surface area contributed by atoms with E-state index in [0.717, 1.165) is 16.5 Å². The van der Waals surface area contributed by atoms with Gasteiger partial charge in [0.1, 0.15) is 17.4 Å². The van der Waals surface area contributed by atoms with Crippen molar-refractivity contribution in [3.8, 4) is 16.5 Å². The van der Waals surface area contributed by atoms with Crippen LogP contribution in [0.2, 0.25) is 0 Å². The molecule has 34 heavy (non-hydrogen) atoms. The van der Waals surface area contributed by atoms with E-state index < -0.39 is 17.7 Å². The maximum atomic E-state index is 14.0. The van der Waals surface area contributed by atoms with Gasteiger partial charge in [-0.3, -0.25) is 4.90 Å².